The van der Waals surface area contributed by atoms with Crippen LogP contribution >= 0.6 is 0 Å². The Bertz CT molecular complexity index is 1810. The number of nitrogens with two attached hydrogens (primary N) is 2. The highest BCUT2D eigenvalue weighted by Gasteiger charge is 2.51. The number of quaternary nitrogens is 1. The third-order valence-corrected chi connectivity index (χ3v) is 9.55. The first-order valence-corrected chi connectivity index (χ1v) is 16.2. The van der Waals surface area contributed by atoms with Crippen molar-refractivity contribution < 1.29 is 68.1 Å². The number of methoxy groups -OCH3 is 2. The van der Waals surface area contributed by atoms with Crippen molar-refractivity contribution in [3.05, 3.63) is 65.0 Å². The van der Waals surface area contributed by atoms with Gasteiger partial charge >= 0.3 is 5.97 Å². The summed E-state index contributed by atoms with van der Waals surface area (Å²) in [6.07, 6.45) is -7.69. The van der Waals surface area contributed by atoms with Crippen LogP contribution in [0.4, 0.5) is 0 Å². The summed E-state index contributed by atoms with van der Waals surface area (Å²) in [5, 5.41) is 43.4. The lowest BCUT2D eigenvalue weighted by Crippen LogP contribution is -3.05. The number of aliphatic hydroxyl groups excluding tert-OH is 3. The van der Waals surface area contributed by atoms with Crippen LogP contribution in [0, 0.1) is 0 Å². The zero-order chi connectivity index (χ0) is 36.1. The van der Waals surface area contributed by atoms with E-state index in [0.717, 1.165) is 32.9 Å². The number of fused-ring (bicyclic) bond motifs is 6. The average molecular weight is 711 g/mol. The molecule has 0 bridgehead atoms. The Balaban J connectivity index is 1.21. The van der Waals surface area contributed by atoms with E-state index in [0.29, 0.717) is 36.1 Å². The first-order chi connectivity index (χ1) is 24.5. The van der Waals surface area contributed by atoms with Crippen molar-refractivity contribution >= 4 is 17.7 Å². The molecule has 5 aliphatic heterocycles. The lowest BCUT2D eigenvalue weighted by Gasteiger charge is -2.43. The number of esters is 1. The van der Waals surface area contributed by atoms with Gasteiger partial charge in [0.05, 0.1) is 50.9 Å². The monoisotopic (exact) mass is 710 g/mol. The normalized spacial score (nSPS) is 29.0. The van der Waals surface area contributed by atoms with E-state index in [4.69, 9.17) is 44.6 Å². The molecule has 0 aromatic heterocycles. The number of hydrogen-bond donors (Lipinski definition) is 6. The molecule has 2 aromatic carbocycles. The van der Waals surface area contributed by atoms with Crippen molar-refractivity contribution in [2.24, 2.45) is 16.5 Å². The fraction of sp³-hybridized carbons (Fsp3) is 0.441. The summed E-state index contributed by atoms with van der Waals surface area (Å²) in [5.41, 5.74) is 16.1. The zero-order valence-corrected chi connectivity index (χ0v) is 27.6. The predicted octanol–water partition coefficient (Wildman–Crippen LogP) is -2.95. The Hall–Kier alpha value is -4.75. The van der Waals surface area contributed by atoms with Crippen LogP contribution in [0.15, 0.2) is 53.3 Å². The van der Waals surface area contributed by atoms with Crippen LogP contribution in [0.25, 0.3) is 0 Å². The highest BCUT2D eigenvalue weighted by atomic mass is 16.7. The van der Waals surface area contributed by atoms with Crippen LogP contribution in [0.1, 0.15) is 35.1 Å². The van der Waals surface area contributed by atoms with Crippen molar-refractivity contribution in [1.29, 1.82) is 0 Å². The Kier molecular flexibility index (Phi) is 9.36. The van der Waals surface area contributed by atoms with Gasteiger partial charge in [0, 0.05) is 29.0 Å². The molecule has 8 N–H and O–H groups in total. The lowest BCUT2D eigenvalue weighted by molar-refractivity contribution is -0.848. The second-order valence-electron chi connectivity index (χ2n) is 12.8. The summed E-state index contributed by atoms with van der Waals surface area (Å²) in [4.78, 5) is 28.6. The molecule has 9 unspecified atom stereocenters. The van der Waals surface area contributed by atoms with Gasteiger partial charge in [0.15, 0.2) is 17.6 Å². The number of carbonyl (C=O) groups excluding carboxylic acids is 2. The maximum Gasteiger partial charge on any atom is 0.311 e. The number of hydrogen-bond acceptors (Lipinski definition) is 16. The zero-order valence-electron chi connectivity index (χ0n) is 27.6. The smallest absolute Gasteiger partial charge is 0.311 e. The van der Waals surface area contributed by atoms with Gasteiger partial charge in [-0.2, -0.15) is 0 Å². The second kappa shape index (κ2) is 13.8. The maximum absolute atomic E-state index is 12.1. The van der Waals surface area contributed by atoms with Crippen molar-refractivity contribution in [1.82, 2.24) is 0 Å². The van der Waals surface area contributed by atoms with Gasteiger partial charge < -0.3 is 69.8 Å². The van der Waals surface area contributed by atoms with Crippen molar-refractivity contribution in [2.45, 2.75) is 68.0 Å². The molecule has 51 heavy (non-hydrogen) atoms. The molecule has 1 saturated heterocycles. The molecule has 2 aromatic rings. The van der Waals surface area contributed by atoms with Crippen LogP contribution in [-0.2, 0) is 25.6 Å². The van der Waals surface area contributed by atoms with Gasteiger partial charge in [-0.3, -0.25) is 14.7 Å². The van der Waals surface area contributed by atoms with Crippen LogP contribution in [-0.4, -0.2) is 103 Å². The molecule has 0 aliphatic carbocycles. The molecule has 1 fully saturated rings. The third kappa shape index (κ3) is 6.37. The molecule has 0 saturated carbocycles. The molecule has 272 valence electrons. The van der Waals surface area contributed by atoms with Gasteiger partial charge in [0.25, 0.3) is 0 Å². The summed E-state index contributed by atoms with van der Waals surface area (Å²) in [6.45, 7) is 1.35. The predicted molar refractivity (Wildman–Crippen MR) is 171 cm³/mol. The van der Waals surface area contributed by atoms with Crippen molar-refractivity contribution in [2.75, 3.05) is 27.4 Å². The fourth-order valence-electron chi connectivity index (χ4n) is 7.18. The van der Waals surface area contributed by atoms with E-state index in [-0.39, 0.29) is 18.3 Å². The van der Waals surface area contributed by atoms with Gasteiger partial charge in [0.2, 0.25) is 12.0 Å². The van der Waals surface area contributed by atoms with Crippen molar-refractivity contribution in [3.8, 4) is 28.7 Å². The minimum absolute atomic E-state index is 0.172. The molecule has 17 nitrogen and oxygen atoms in total. The first kappa shape index (κ1) is 34.7. The number of aliphatic imine (C=N–C) groups is 1. The quantitative estimate of drug-likeness (QED) is 0.0775. The maximum atomic E-state index is 12.1. The molecule has 7 rings (SSSR count). The molecule has 5 heterocycles. The van der Waals surface area contributed by atoms with E-state index in [9.17, 15) is 30.0 Å². The van der Waals surface area contributed by atoms with Crippen LogP contribution in [0.3, 0.4) is 0 Å². The van der Waals surface area contributed by atoms with Gasteiger partial charge in [0.1, 0.15) is 67.0 Å². The summed E-state index contributed by atoms with van der Waals surface area (Å²) in [7, 11) is 3.10. The number of carboxylic acid groups (broad SMARTS) is 1. The van der Waals surface area contributed by atoms with Crippen LogP contribution in [0.2, 0.25) is 0 Å². The number of carboxylic acids is 1. The van der Waals surface area contributed by atoms with Crippen LogP contribution in [0.5, 0.6) is 28.7 Å². The Labute approximate surface area is 291 Å². The SMILES string of the molecule is COc1ccc2c(c1OC)OC1c3c(C[NH+]4C=C5C=CN=C5C4)cc(OC4OC(C(OC(=O)CC(=O)[O-])C(N)N)C(O)C(O)C4O)cc3OCC21. The average Bonchev–Trinajstić information content (AvgIpc) is 3.80. The molecule has 5 aliphatic rings. The van der Waals surface area contributed by atoms with Crippen LogP contribution < -0.4 is 45.2 Å². The largest absolute Gasteiger partial charge is 0.550 e. The van der Waals surface area contributed by atoms with E-state index in [1.165, 1.54) is 0 Å². The number of aliphatic hydroxyl groups is 3. The number of ether oxygens (including phenoxy) is 7. The molecular weight excluding hydrogens is 672 g/mol. The third-order valence-electron chi connectivity index (χ3n) is 9.55. The molecule has 9 atom stereocenters. The van der Waals surface area contributed by atoms with E-state index in [1.807, 2.05) is 18.2 Å². The number of nitrogens with zero attached hydrogens (tertiary/aromatic N) is 1. The van der Waals surface area contributed by atoms with E-state index in [2.05, 4.69) is 11.2 Å². The molecular formula is C34H38N4O13. The highest BCUT2D eigenvalue weighted by Crippen LogP contribution is 2.57. The molecule has 0 amide bonds. The number of rotatable bonds is 11. The first-order valence-electron chi connectivity index (χ1n) is 16.2. The lowest BCUT2D eigenvalue weighted by atomic mass is 9.86. The van der Waals surface area contributed by atoms with E-state index >= 15 is 0 Å². The number of benzene rings is 2. The number of aliphatic carboxylic acids is 1. The minimum Gasteiger partial charge on any atom is -0.550 e. The summed E-state index contributed by atoms with van der Waals surface area (Å²) >= 11 is 0. The summed E-state index contributed by atoms with van der Waals surface area (Å²) in [6, 6.07) is 7.11. The van der Waals surface area contributed by atoms with Gasteiger partial charge in [-0.25, -0.2) is 0 Å². The van der Waals surface area contributed by atoms with Gasteiger partial charge in [-0.15, -0.1) is 0 Å². The fourth-order valence-corrected chi connectivity index (χ4v) is 7.18. The summed E-state index contributed by atoms with van der Waals surface area (Å²) < 4.78 is 41.2. The summed E-state index contributed by atoms with van der Waals surface area (Å²) in [5.74, 6) is -0.966. The topological polar surface area (TPSA) is 251 Å². The Morgan fingerprint density at radius 2 is 1.92 bits per heavy atom. The Morgan fingerprint density at radius 1 is 1.12 bits per heavy atom. The molecule has 17 heteroatoms. The number of carbonyl (C=O) groups is 2. The van der Waals surface area contributed by atoms with E-state index in [1.54, 1.807) is 32.6 Å². The van der Waals surface area contributed by atoms with Gasteiger partial charge in [-0.05, 0) is 18.2 Å². The second-order valence-corrected chi connectivity index (χ2v) is 12.8. The number of allylic oxidation sites excluding steroid dienone is 1. The van der Waals surface area contributed by atoms with Gasteiger partial charge in [-0.1, -0.05) is 6.07 Å². The molecule has 0 spiro atoms. The molecule has 0 radical (unpaired) electrons. The highest BCUT2D eigenvalue weighted by molar-refractivity contribution is 6.06. The van der Waals surface area contributed by atoms with E-state index < -0.39 is 67.4 Å². The Morgan fingerprint density at radius 3 is 2.63 bits per heavy atom. The number of nitrogens with one attached hydrogen (secondary N) is 1. The van der Waals surface area contributed by atoms with Crippen molar-refractivity contribution in [3.63, 3.8) is 0 Å². The standard InChI is InChI=1S/C34H38N4O13/c1-45-20-4-3-17-18-13-47-21-8-16(48-34-27(44)25(42)26(43)31(51-34)32(33(35)36)49-23(41)9-22(39)40)7-15(11-38-10-14-5-6-37-19(14)12-38)24(21)28(18)50-29(17)30(20)46-2/h3-8,10,18,25-28,31-34,42-44H,9,11-13,35-36H2,1-2H3,(H,39,40). The minimum atomic E-state index is -1.87.